The Balaban J connectivity index is 2.38. The second kappa shape index (κ2) is 5.39. The van der Waals surface area contributed by atoms with Crippen LogP contribution in [0.3, 0.4) is 0 Å². The quantitative estimate of drug-likeness (QED) is 0.745. The van der Waals surface area contributed by atoms with E-state index in [4.69, 9.17) is 5.11 Å². The molecule has 0 atom stereocenters. The minimum Gasteiger partial charge on any atom is -0.465 e. The second-order valence-electron chi connectivity index (χ2n) is 3.75. The number of rotatable bonds is 4. The molecule has 1 rings (SSSR count). The molecule has 1 aromatic carbocycles. The predicted octanol–water partition coefficient (Wildman–Crippen LogP) is 2.50. The van der Waals surface area contributed by atoms with Gasteiger partial charge in [-0.05, 0) is 43.4 Å². The predicted molar refractivity (Wildman–Crippen MR) is 60.3 cm³/mol. The molecule has 0 fully saturated rings. The summed E-state index contributed by atoms with van der Waals surface area (Å²) in [6, 6.07) is 6.37. The van der Waals surface area contributed by atoms with Gasteiger partial charge in [-0.2, -0.15) is 0 Å². The molecule has 0 saturated carbocycles. The fourth-order valence-corrected chi connectivity index (χ4v) is 1.45. The van der Waals surface area contributed by atoms with E-state index in [-0.39, 0.29) is 0 Å². The van der Waals surface area contributed by atoms with E-state index in [2.05, 4.69) is 37.4 Å². The van der Waals surface area contributed by atoms with Gasteiger partial charge in [0.15, 0.2) is 0 Å². The highest BCUT2D eigenvalue weighted by atomic mass is 16.4. The molecule has 0 aliphatic carbocycles. The van der Waals surface area contributed by atoms with E-state index >= 15 is 0 Å². The number of hydrogen-bond donors (Lipinski definition) is 2. The minimum absolute atomic E-state index is 0.516. The zero-order valence-corrected chi connectivity index (χ0v) is 9.21. The van der Waals surface area contributed by atoms with Gasteiger partial charge in [0, 0.05) is 6.54 Å². The smallest absolute Gasteiger partial charge is 0.404 e. The maximum atomic E-state index is 10.2. The van der Waals surface area contributed by atoms with E-state index in [9.17, 15) is 4.79 Å². The molecule has 0 radical (unpaired) electrons. The molecule has 0 aliphatic heterocycles. The highest BCUT2D eigenvalue weighted by molar-refractivity contribution is 5.64. The van der Waals surface area contributed by atoms with Crippen molar-refractivity contribution in [2.24, 2.45) is 0 Å². The number of nitrogens with one attached hydrogen (secondary N) is 1. The number of aryl methyl sites for hydroxylation is 3. The Labute approximate surface area is 90.1 Å². The summed E-state index contributed by atoms with van der Waals surface area (Å²) in [4.78, 5) is 10.2. The molecule has 1 aromatic rings. The van der Waals surface area contributed by atoms with Gasteiger partial charge in [-0.15, -0.1) is 0 Å². The summed E-state index contributed by atoms with van der Waals surface area (Å²) < 4.78 is 0. The maximum absolute atomic E-state index is 10.2. The number of amides is 1. The van der Waals surface area contributed by atoms with Crippen LogP contribution in [0.4, 0.5) is 4.79 Å². The van der Waals surface area contributed by atoms with Gasteiger partial charge in [0.25, 0.3) is 0 Å². The third kappa shape index (κ3) is 4.02. The zero-order chi connectivity index (χ0) is 11.3. The summed E-state index contributed by atoms with van der Waals surface area (Å²) in [7, 11) is 0. The van der Waals surface area contributed by atoms with Gasteiger partial charge in [0.05, 0.1) is 0 Å². The average Bonchev–Trinajstić information content (AvgIpc) is 2.18. The van der Waals surface area contributed by atoms with E-state index in [1.807, 2.05) is 0 Å². The number of hydrogen-bond acceptors (Lipinski definition) is 1. The minimum atomic E-state index is -0.949. The van der Waals surface area contributed by atoms with Crippen LogP contribution in [0.5, 0.6) is 0 Å². The lowest BCUT2D eigenvalue weighted by Gasteiger charge is -2.05. The number of benzene rings is 1. The monoisotopic (exact) mass is 207 g/mol. The van der Waals surface area contributed by atoms with E-state index in [0.717, 1.165) is 12.8 Å². The largest absolute Gasteiger partial charge is 0.465 e. The Hall–Kier alpha value is -1.51. The molecule has 2 N–H and O–H groups in total. The van der Waals surface area contributed by atoms with Gasteiger partial charge >= 0.3 is 6.09 Å². The van der Waals surface area contributed by atoms with Crippen LogP contribution in [-0.4, -0.2) is 17.7 Å². The Bertz CT molecular complexity index is 347. The third-order valence-electron chi connectivity index (χ3n) is 2.49. The third-order valence-corrected chi connectivity index (χ3v) is 2.49. The van der Waals surface area contributed by atoms with Crippen molar-refractivity contribution < 1.29 is 9.90 Å². The first-order valence-corrected chi connectivity index (χ1v) is 5.12. The highest BCUT2D eigenvalue weighted by Crippen LogP contribution is 2.11. The maximum Gasteiger partial charge on any atom is 0.404 e. The van der Waals surface area contributed by atoms with E-state index in [1.165, 1.54) is 16.7 Å². The molecule has 0 spiro atoms. The van der Waals surface area contributed by atoms with E-state index < -0.39 is 6.09 Å². The van der Waals surface area contributed by atoms with Crippen LogP contribution in [0.25, 0.3) is 0 Å². The van der Waals surface area contributed by atoms with Crippen molar-refractivity contribution in [2.45, 2.75) is 26.7 Å². The standard InChI is InChI=1S/C12H17NO2/c1-9-5-6-11(8-10(9)2)4-3-7-13-12(14)15/h5-6,8,13H,3-4,7H2,1-2H3,(H,14,15). The van der Waals surface area contributed by atoms with Crippen molar-refractivity contribution >= 4 is 6.09 Å². The van der Waals surface area contributed by atoms with Crippen molar-refractivity contribution in [2.75, 3.05) is 6.54 Å². The van der Waals surface area contributed by atoms with Crippen molar-refractivity contribution in [1.82, 2.24) is 5.32 Å². The number of carbonyl (C=O) groups is 1. The average molecular weight is 207 g/mol. The topological polar surface area (TPSA) is 49.3 Å². The van der Waals surface area contributed by atoms with E-state index in [1.54, 1.807) is 0 Å². The van der Waals surface area contributed by atoms with E-state index in [0.29, 0.717) is 6.54 Å². The first-order valence-electron chi connectivity index (χ1n) is 5.12. The lowest BCUT2D eigenvalue weighted by Crippen LogP contribution is -2.22. The van der Waals surface area contributed by atoms with Gasteiger partial charge in [-0.3, -0.25) is 0 Å². The van der Waals surface area contributed by atoms with Crippen LogP contribution < -0.4 is 5.32 Å². The highest BCUT2D eigenvalue weighted by Gasteiger charge is 1.97. The first kappa shape index (κ1) is 11.6. The molecule has 3 nitrogen and oxygen atoms in total. The Morgan fingerprint density at radius 1 is 1.33 bits per heavy atom. The summed E-state index contributed by atoms with van der Waals surface area (Å²) in [6.07, 6.45) is 0.811. The van der Waals surface area contributed by atoms with Crippen LogP contribution in [0.1, 0.15) is 23.1 Å². The number of carboxylic acid groups (broad SMARTS) is 1. The van der Waals surface area contributed by atoms with Crippen LogP contribution in [0.15, 0.2) is 18.2 Å². The van der Waals surface area contributed by atoms with Gasteiger partial charge < -0.3 is 10.4 Å². The van der Waals surface area contributed by atoms with Gasteiger partial charge in [0.1, 0.15) is 0 Å². The first-order chi connectivity index (χ1) is 7.09. The molecule has 0 heterocycles. The van der Waals surface area contributed by atoms with Crippen LogP contribution in [-0.2, 0) is 6.42 Å². The van der Waals surface area contributed by atoms with Crippen LogP contribution in [0.2, 0.25) is 0 Å². The Morgan fingerprint density at radius 3 is 2.67 bits per heavy atom. The molecule has 0 unspecified atom stereocenters. The molecule has 3 heteroatoms. The molecule has 0 aromatic heterocycles. The van der Waals surface area contributed by atoms with Crippen LogP contribution in [0, 0.1) is 13.8 Å². The fourth-order valence-electron chi connectivity index (χ4n) is 1.45. The molecule has 15 heavy (non-hydrogen) atoms. The van der Waals surface area contributed by atoms with Crippen molar-refractivity contribution in [3.63, 3.8) is 0 Å². The zero-order valence-electron chi connectivity index (χ0n) is 9.21. The summed E-state index contributed by atoms with van der Waals surface area (Å²) in [6.45, 7) is 4.70. The Morgan fingerprint density at radius 2 is 2.07 bits per heavy atom. The van der Waals surface area contributed by atoms with Crippen molar-refractivity contribution in [3.05, 3.63) is 34.9 Å². The molecule has 0 aliphatic rings. The van der Waals surface area contributed by atoms with Gasteiger partial charge in [-0.25, -0.2) is 4.79 Å². The van der Waals surface area contributed by atoms with Crippen molar-refractivity contribution in [3.8, 4) is 0 Å². The molecule has 0 saturated heterocycles. The Kier molecular flexibility index (Phi) is 4.16. The van der Waals surface area contributed by atoms with Gasteiger partial charge in [-0.1, -0.05) is 18.2 Å². The lowest BCUT2D eigenvalue weighted by molar-refractivity contribution is 0.194. The molecule has 82 valence electrons. The summed E-state index contributed by atoms with van der Waals surface area (Å²) >= 11 is 0. The fraction of sp³-hybridized carbons (Fsp3) is 0.417. The SMILES string of the molecule is Cc1ccc(CCCNC(=O)O)cc1C. The lowest BCUT2D eigenvalue weighted by atomic mass is 10.0. The summed E-state index contributed by atoms with van der Waals surface area (Å²) in [5, 5.41) is 10.7. The molecule has 1 amide bonds. The second-order valence-corrected chi connectivity index (χ2v) is 3.75. The summed E-state index contributed by atoms with van der Waals surface area (Å²) in [5.74, 6) is 0. The molecular weight excluding hydrogens is 190 g/mol. The molecular formula is C12H17NO2. The summed E-state index contributed by atoms with van der Waals surface area (Å²) in [5.41, 5.74) is 3.85. The van der Waals surface area contributed by atoms with Crippen molar-refractivity contribution in [1.29, 1.82) is 0 Å². The molecule has 0 bridgehead atoms. The van der Waals surface area contributed by atoms with Crippen LogP contribution >= 0.6 is 0 Å². The normalized spacial score (nSPS) is 10.0. The van der Waals surface area contributed by atoms with Gasteiger partial charge in [0.2, 0.25) is 0 Å².